The SMILES string of the molecule is COc1ccc2c3c1O[C@H]1C[C@@H](O)C=C[C@@]31CCN(C(=O)C1=CNC=CC1)C2. The molecule has 1 amide bonds. The van der Waals surface area contributed by atoms with Gasteiger partial charge in [-0.2, -0.15) is 0 Å². The van der Waals surface area contributed by atoms with Crippen LogP contribution in [0, 0.1) is 0 Å². The first-order chi connectivity index (χ1) is 13.6. The summed E-state index contributed by atoms with van der Waals surface area (Å²) in [6, 6.07) is 3.96. The zero-order chi connectivity index (χ0) is 19.3. The van der Waals surface area contributed by atoms with Crippen LogP contribution in [-0.2, 0) is 16.8 Å². The molecule has 6 nitrogen and oxygen atoms in total. The molecule has 3 heterocycles. The number of hydrogen-bond donors (Lipinski definition) is 2. The minimum atomic E-state index is -0.509. The highest BCUT2D eigenvalue weighted by Gasteiger charge is 2.53. The van der Waals surface area contributed by atoms with Crippen molar-refractivity contribution in [3.05, 3.63) is 59.5 Å². The first-order valence-electron chi connectivity index (χ1n) is 9.76. The van der Waals surface area contributed by atoms with Gasteiger partial charge in [-0.1, -0.05) is 24.3 Å². The highest BCUT2D eigenvalue weighted by Crippen LogP contribution is 2.55. The molecule has 0 radical (unpaired) electrons. The third-order valence-electron chi connectivity index (χ3n) is 6.33. The number of amides is 1. The summed E-state index contributed by atoms with van der Waals surface area (Å²) in [4.78, 5) is 15.1. The second-order valence-electron chi connectivity index (χ2n) is 7.86. The van der Waals surface area contributed by atoms with E-state index in [1.165, 1.54) is 0 Å². The second kappa shape index (κ2) is 6.41. The van der Waals surface area contributed by atoms with Crippen LogP contribution in [0.3, 0.4) is 0 Å². The lowest BCUT2D eigenvalue weighted by Gasteiger charge is -2.35. The average Bonchev–Trinajstić information content (AvgIpc) is 2.96. The van der Waals surface area contributed by atoms with Gasteiger partial charge in [0.1, 0.15) is 6.10 Å². The molecule has 0 aromatic heterocycles. The summed E-state index contributed by atoms with van der Waals surface area (Å²) in [5, 5.41) is 13.2. The van der Waals surface area contributed by atoms with Gasteiger partial charge in [0.15, 0.2) is 11.5 Å². The Balaban J connectivity index is 1.57. The Morgan fingerprint density at radius 2 is 2.32 bits per heavy atom. The van der Waals surface area contributed by atoms with Crippen LogP contribution < -0.4 is 14.8 Å². The normalized spacial score (nSPS) is 29.8. The number of nitrogens with one attached hydrogen (secondary N) is 1. The predicted molar refractivity (Wildman–Crippen MR) is 104 cm³/mol. The van der Waals surface area contributed by atoms with E-state index >= 15 is 0 Å². The Labute approximate surface area is 164 Å². The van der Waals surface area contributed by atoms with Crippen molar-refractivity contribution >= 4 is 5.91 Å². The van der Waals surface area contributed by atoms with Gasteiger partial charge in [-0.15, -0.1) is 0 Å². The fraction of sp³-hybridized carbons (Fsp3) is 0.409. The van der Waals surface area contributed by atoms with Crippen molar-refractivity contribution in [2.24, 2.45) is 0 Å². The molecular formula is C22H24N2O4. The van der Waals surface area contributed by atoms with Crippen LogP contribution in [0.5, 0.6) is 11.5 Å². The average molecular weight is 380 g/mol. The van der Waals surface area contributed by atoms with E-state index in [1.807, 2.05) is 35.4 Å². The largest absolute Gasteiger partial charge is 0.493 e. The monoisotopic (exact) mass is 380 g/mol. The highest BCUT2D eigenvalue weighted by molar-refractivity contribution is 5.94. The molecule has 1 aromatic rings. The maximum Gasteiger partial charge on any atom is 0.251 e. The molecule has 146 valence electrons. The van der Waals surface area contributed by atoms with Gasteiger partial charge in [0, 0.05) is 36.8 Å². The maximum atomic E-state index is 13.1. The number of aliphatic hydroxyl groups is 1. The van der Waals surface area contributed by atoms with Crippen LogP contribution in [0.15, 0.2) is 48.3 Å². The van der Waals surface area contributed by atoms with Gasteiger partial charge in [0.2, 0.25) is 0 Å². The van der Waals surface area contributed by atoms with E-state index in [9.17, 15) is 9.90 Å². The molecule has 0 bridgehead atoms. The molecule has 1 aliphatic carbocycles. The predicted octanol–water partition coefficient (Wildman–Crippen LogP) is 2.14. The topological polar surface area (TPSA) is 71.0 Å². The Morgan fingerprint density at radius 3 is 3.11 bits per heavy atom. The Morgan fingerprint density at radius 1 is 1.43 bits per heavy atom. The van der Waals surface area contributed by atoms with Gasteiger partial charge in [-0.3, -0.25) is 4.79 Å². The number of hydrogen-bond acceptors (Lipinski definition) is 5. The first-order valence-corrected chi connectivity index (χ1v) is 9.76. The third-order valence-corrected chi connectivity index (χ3v) is 6.33. The molecule has 5 rings (SSSR count). The molecular weight excluding hydrogens is 356 g/mol. The fourth-order valence-electron chi connectivity index (χ4n) is 4.92. The van der Waals surface area contributed by atoms with Gasteiger partial charge in [0.25, 0.3) is 5.91 Å². The van der Waals surface area contributed by atoms with Gasteiger partial charge in [0.05, 0.1) is 18.6 Å². The molecule has 28 heavy (non-hydrogen) atoms. The van der Waals surface area contributed by atoms with E-state index in [1.54, 1.807) is 13.3 Å². The van der Waals surface area contributed by atoms with Crippen LogP contribution in [-0.4, -0.2) is 41.8 Å². The maximum absolute atomic E-state index is 13.1. The molecule has 4 aliphatic rings. The van der Waals surface area contributed by atoms with Crippen molar-refractivity contribution in [1.82, 2.24) is 10.2 Å². The van der Waals surface area contributed by atoms with E-state index in [2.05, 4.69) is 11.4 Å². The summed E-state index contributed by atoms with van der Waals surface area (Å²) >= 11 is 0. The third kappa shape index (κ3) is 2.48. The smallest absolute Gasteiger partial charge is 0.251 e. The number of benzene rings is 1. The molecule has 1 spiro atoms. The van der Waals surface area contributed by atoms with E-state index < -0.39 is 6.10 Å². The highest BCUT2D eigenvalue weighted by atomic mass is 16.5. The van der Waals surface area contributed by atoms with Gasteiger partial charge in [-0.25, -0.2) is 0 Å². The van der Waals surface area contributed by atoms with Crippen molar-refractivity contribution in [3.63, 3.8) is 0 Å². The lowest BCUT2D eigenvalue weighted by Crippen LogP contribution is -2.43. The summed E-state index contributed by atoms with van der Waals surface area (Å²) in [7, 11) is 1.64. The molecule has 0 unspecified atom stereocenters. The molecule has 6 heteroatoms. The fourth-order valence-corrected chi connectivity index (χ4v) is 4.92. The number of methoxy groups -OCH3 is 1. The first kappa shape index (κ1) is 17.4. The Hall–Kier alpha value is -2.73. The van der Waals surface area contributed by atoms with Crippen LogP contribution in [0.2, 0.25) is 0 Å². The van der Waals surface area contributed by atoms with Crippen molar-refractivity contribution in [1.29, 1.82) is 0 Å². The minimum absolute atomic E-state index is 0.0649. The number of carbonyl (C=O) groups excluding carboxylic acids is 1. The Kier molecular flexibility index (Phi) is 3.98. The second-order valence-corrected chi connectivity index (χ2v) is 7.86. The van der Waals surface area contributed by atoms with Crippen LogP contribution in [0.4, 0.5) is 0 Å². The number of ether oxygens (including phenoxy) is 2. The molecule has 0 fully saturated rings. The summed E-state index contributed by atoms with van der Waals surface area (Å²) in [6.45, 7) is 1.18. The minimum Gasteiger partial charge on any atom is -0.493 e. The number of nitrogens with zero attached hydrogens (tertiary/aromatic N) is 1. The molecule has 3 atom stereocenters. The quantitative estimate of drug-likeness (QED) is 0.770. The van der Waals surface area contributed by atoms with Crippen molar-refractivity contribution < 1.29 is 19.4 Å². The van der Waals surface area contributed by atoms with Gasteiger partial charge < -0.3 is 24.8 Å². The number of aliphatic hydroxyl groups excluding tert-OH is 1. The summed E-state index contributed by atoms with van der Waals surface area (Å²) < 4.78 is 11.9. The number of carbonyl (C=O) groups is 1. The zero-order valence-electron chi connectivity index (χ0n) is 15.9. The summed E-state index contributed by atoms with van der Waals surface area (Å²) in [5.41, 5.74) is 2.65. The zero-order valence-corrected chi connectivity index (χ0v) is 15.9. The van der Waals surface area contributed by atoms with Crippen LogP contribution in [0.25, 0.3) is 0 Å². The standard InChI is InChI=1S/C22H24N2O4/c1-27-17-5-4-15-13-24(21(26)14-3-2-9-23-12-14)10-8-22-7-6-16(25)11-18(22)28-20(17)19(15)22/h2,4-7,9,12,16,18,23,25H,3,8,10-11,13H2,1H3/t16-,18-,22-/m0/s1. The van der Waals surface area contributed by atoms with Crippen LogP contribution >= 0.6 is 0 Å². The molecule has 2 N–H and O–H groups in total. The van der Waals surface area contributed by atoms with Crippen LogP contribution in [0.1, 0.15) is 30.4 Å². The molecule has 3 aliphatic heterocycles. The number of dihydropyridines is 1. The lowest BCUT2D eigenvalue weighted by molar-refractivity contribution is -0.128. The number of allylic oxidation sites excluding steroid dienone is 1. The summed E-state index contributed by atoms with van der Waals surface area (Å²) in [6.07, 6.45) is 10.9. The van der Waals surface area contributed by atoms with E-state index in [-0.39, 0.29) is 17.4 Å². The number of rotatable bonds is 2. The van der Waals surface area contributed by atoms with Gasteiger partial charge >= 0.3 is 0 Å². The Bertz CT molecular complexity index is 919. The van der Waals surface area contributed by atoms with E-state index in [4.69, 9.17) is 9.47 Å². The van der Waals surface area contributed by atoms with Crippen molar-refractivity contribution in [2.45, 2.75) is 43.4 Å². The molecule has 0 saturated carbocycles. The molecule has 0 saturated heterocycles. The van der Waals surface area contributed by atoms with E-state index in [0.29, 0.717) is 31.7 Å². The van der Waals surface area contributed by atoms with Crippen molar-refractivity contribution in [2.75, 3.05) is 13.7 Å². The molecule has 1 aromatic carbocycles. The lowest BCUT2D eigenvalue weighted by atomic mass is 9.69. The van der Waals surface area contributed by atoms with E-state index in [0.717, 1.165) is 28.9 Å². The van der Waals surface area contributed by atoms with Crippen molar-refractivity contribution in [3.8, 4) is 11.5 Å². The summed E-state index contributed by atoms with van der Waals surface area (Å²) in [5.74, 6) is 1.54. The van der Waals surface area contributed by atoms with Gasteiger partial charge in [-0.05, 0) is 30.7 Å².